The second-order valence-electron chi connectivity index (χ2n) is 2.70. The van der Waals surface area contributed by atoms with Crippen LogP contribution in [0.15, 0.2) is 23.4 Å². The Balaban J connectivity index is 3.02. The first-order valence-electron chi connectivity index (χ1n) is 4.41. The molecule has 0 radical (unpaired) electrons. The van der Waals surface area contributed by atoms with Crippen LogP contribution in [0.25, 0.3) is 0 Å². The van der Waals surface area contributed by atoms with Crippen molar-refractivity contribution in [3.63, 3.8) is 0 Å². The number of carbonyl (C=O) groups is 1. The van der Waals surface area contributed by atoms with Crippen LogP contribution in [-0.4, -0.2) is 19.7 Å². The van der Waals surface area contributed by atoms with Gasteiger partial charge >= 0.3 is 5.97 Å². The van der Waals surface area contributed by atoms with E-state index >= 15 is 0 Å². The summed E-state index contributed by atoms with van der Waals surface area (Å²) in [5, 5.41) is 2.76. The minimum atomic E-state index is -0.451. The third-order valence-corrected chi connectivity index (χ3v) is 1.79. The van der Waals surface area contributed by atoms with Gasteiger partial charge in [-0.1, -0.05) is 0 Å². The van der Waals surface area contributed by atoms with E-state index in [2.05, 4.69) is 5.18 Å². The summed E-state index contributed by atoms with van der Waals surface area (Å²) in [4.78, 5) is 21.7. The van der Waals surface area contributed by atoms with E-state index in [1.165, 1.54) is 25.3 Å². The van der Waals surface area contributed by atoms with Crippen molar-refractivity contribution < 1.29 is 14.3 Å². The average Bonchev–Trinajstić information content (AvgIpc) is 2.28. The highest BCUT2D eigenvalue weighted by molar-refractivity contribution is 5.90. The van der Waals surface area contributed by atoms with Crippen molar-refractivity contribution in [3.05, 3.63) is 28.7 Å². The van der Waals surface area contributed by atoms with E-state index < -0.39 is 5.97 Å². The number of rotatable bonds is 4. The first kappa shape index (κ1) is 11.2. The Bertz CT molecular complexity index is 376. The van der Waals surface area contributed by atoms with Crippen LogP contribution in [0.4, 0.5) is 5.69 Å². The van der Waals surface area contributed by atoms with Gasteiger partial charge in [0, 0.05) is 0 Å². The fourth-order valence-corrected chi connectivity index (χ4v) is 1.09. The summed E-state index contributed by atoms with van der Waals surface area (Å²) in [6.07, 6.45) is 0. The Morgan fingerprint density at radius 3 is 2.73 bits per heavy atom. The van der Waals surface area contributed by atoms with Crippen LogP contribution in [0.3, 0.4) is 0 Å². The molecule has 1 rings (SSSR count). The highest BCUT2D eigenvalue weighted by atomic mass is 16.5. The molecule has 80 valence electrons. The van der Waals surface area contributed by atoms with E-state index in [4.69, 9.17) is 9.47 Å². The number of carbonyl (C=O) groups excluding carboxylic acids is 1. The lowest BCUT2D eigenvalue weighted by Gasteiger charge is -2.05. The molecule has 0 atom stereocenters. The molecule has 0 amide bonds. The summed E-state index contributed by atoms with van der Waals surface area (Å²) in [6, 6.07) is 4.31. The lowest BCUT2D eigenvalue weighted by Crippen LogP contribution is -2.04. The molecule has 0 fully saturated rings. The lowest BCUT2D eigenvalue weighted by molar-refractivity contribution is 0.0526. The maximum absolute atomic E-state index is 11.3. The van der Waals surface area contributed by atoms with Crippen LogP contribution in [0, 0.1) is 4.91 Å². The van der Waals surface area contributed by atoms with Crippen molar-refractivity contribution >= 4 is 11.7 Å². The topological polar surface area (TPSA) is 65.0 Å². The van der Waals surface area contributed by atoms with Crippen LogP contribution in [0.2, 0.25) is 0 Å². The SMILES string of the molecule is CCOC(=O)c1ccc(N=O)c(OC)c1. The third kappa shape index (κ3) is 2.52. The van der Waals surface area contributed by atoms with Crippen LogP contribution in [0.5, 0.6) is 5.75 Å². The van der Waals surface area contributed by atoms with Crippen LogP contribution in [0.1, 0.15) is 17.3 Å². The number of hydrogen-bond acceptors (Lipinski definition) is 5. The van der Waals surface area contributed by atoms with Gasteiger partial charge in [0.1, 0.15) is 11.4 Å². The summed E-state index contributed by atoms with van der Waals surface area (Å²) in [5.41, 5.74) is 0.492. The molecule has 0 aliphatic carbocycles. The zero-order chi connectivity index (χ0) is 11.3. The number of nitroso groups, excluding NO2 is 1. The van der Waals surface area contributed by atoms with E-state index in [0.717, 1.165) is 0 Å². The van der Waals surface area contributed by atoms with Gasteiger partial charge in [-0.3, -0.25) is 0 Å². The summed E-state index contributed by atoms with van der Waals surface area (Å²) < 4.78 is 9.70. The predicted molar refractivity (Wildman–Crippen MR) is 54.4 cm³/mol. The molecule has 0 aliphatic heterocycles. The highest BCUT2D eigenvalue weighted by Gasteiger charge is 2.10. The van der Waals surface area contributed by atoms with Crippen LogP contribution >= 0.6 is 0 Å². The standard InChI is InChI=1S/C10H11NO4/c1-3-15-10(12)7-4-5-8(11-13)9(6-7)14-2/h4-6H,3H2,1-2H3. The van der Waals surface area contributed by atoms with E-state index in [-0.39, 0.29) is 11.4 Å². The van der Waals surface area contributed by atoms with Gasteiger partial charge in [-0.15, -0.1) is 4.91 Å². The minimum absolute atomic E-state index is 0.158. The maximum atomic E-state index is 11.3. The van der Waals surface area contributed by atoms with Gasteiger partial charge in [-0.25, -0.2) is 4.79 Å². The zero-order valence-electron chi connectivity index (χ0n) is 8.52. The summed E-state index contributed by atoms with van der Waals surface area (Å²) in [5.74, 6) is -0.191. The van der Waals surface area contributed by atoms with Gasteiger partial charge in [0.2, 0.25) is 0 Å². The van der Waals surface area contributed by atoms with Crippen LogP contribution in [-0.2, 0) is 4.74 Å². The van der Waals surface area contributed by atoms with Gasteiger partial charge in [-0.2, -0.15) is 0 Å². The zero-order valence-corrected chi connectivity index (χ0v) is 8.52. The van der Waals surface area contributed by atoms with Crippen molar-refractivity contribution in [3.8, 4) is 5.75 Å². The fraction of sp³-hybridized carbons (Fsp3) is 0.300. The van der Waals surface area contributed by atoms with Gasteiger partial charge in [0.05, 0.1) is 19.3 Å². The van der Waals surface area contributed by atoms with Crippen molar-refractivity contribution in [2.45, 2.75) is 6.92 Å². The number of hydrogen-bond donors (Lipinski definition) is 0. The van der Waals surface area contributed by atoms with Crippen LogP contribution < -0.4 is 4.74 Å². The second-order valence-corrected chi connectivity index (χ2v) is 2.70. The van der Waals surface area contributed by atoms with Gasteiger partial charge in [-0.05, 0) is 30.3 Å². The monoisotopic (exact) mass is 209 g/mol. The number of nitrogens with zero attached hydrogens (tertiary/aromatic N) is 1. The Morgan fingerprint density at radius 1 is 1.47 bits per heavy atom. The molecule has 1 aromatic carbocycles. The molecule has 0 saturated carbocycles. The fourth-order valence-electron chi connectivity index (χ4n) is 1.09. The van der Waals surface area contributed by atoms with E-state index in [9.17, 15) is 9.70 Å². The molecular weight excluding hydrogens is 198 g/mol. The largest absolute Gasteiger partial charge is 0.494 e. The molecule has 5 nitrogen and oxygen atoms in total. The molecule has 0 aliphatic rings. The van der Waals surface area contributed by atoms with Crippen molar-refractivity contribution in [1.29, 1.82) is 0 Å². The van der Waals surface area contributed by atoms with E-state index in [1.54, 1.807) is 6.92 Å². The quantitative estimate of drug-likeness (QED) is 0.563. The van der Waals surface area contributed by atoms with Crippen molar-refractivity contribution in [2.24, 2.45) is 5.18 Å². The number of benzene rings is 1. The maximum Gasteiger partial charge on any atom is 0.338 e. The molecule has 0 aromatic heterocycles. The molecule has 15 heavy (non-hydrogen) atoms. The van der Waals surface area contributed by atoms with Crippen molar-refractivity contribution in [2.75, 3.05) is 13.7 Å². The first-order chi connectivity index (χ1) is 7.22. The van der Waals surface area contributed by atoms with Gasteiger partial charge in [0.15, 0.2) is 0 Å². The average molecular weight is 209 g/mol. The summed E-state index contributed by atoms with van der Waals surface area (Å²) in [6.45, 7) is 2.02. The highest BCUT2D eigenvalue weighted by Crippen LogP contribution is 2.28. The van der Waals surface area contributed by atoms with E-state index in [1.807, 2.05) is 0 Å². The molecule has 0 bridgehead atoms. The molecule has 0 saturated heterocycles. The van der Waals surface area contributed by atoms with Gasteiger partial charge < -0.3 is 9.47 Å². The Hall–Kier alpha value is -1.91. The Morgan fingerprint density at radius 2 is 2.20 bits per heavy atom. The molecule has 0 N–H and O–H groups in total. The summed E-state index contributed by atoms with van der Waals surface area (Å²) in [7, 11) is 1.40. The van der Waals surface area contributed by atoms with Crippen molar-refractivity contribution in [1.82, 2.24) is 0 Å². The van der Waals surface area contributed by atoms with Gasteiger partial charge in [0.25, 0.3) is 0 Å². The van der Waals surface area contributed by atoms with E-state index in [0.29, 0.717) is 12.2 Å². The smallest absolute Gasteiger partial charge is 0.338 e. The normalized spacial score (nSPS) is 9.47. The molecular formula is C10H11NO4. The molecule has 0 unspecified atom stereocenters. The first-order valence-corrected chi connectivity index (χ1v) is 4.41. The Labute approximate surface area is 87.0 Å². The Kier molecular flexibility index (Phi) is 3.79. The third-order valence-electron chi connectivity index (χ3n) is 1.79. The molecule has 0 spiro atoms. The number of methoxy groups -OCH3 is 1. The predicted octanol–water partition coefficient (Wildman–Crippen LogP) is 2.27. The molecule has 1 aromatic rings. The lowest BCUT2D eigenvalue weighted by atomic mass is 10.2. The molecule has 0 heterocycles. The minimum Gasteiger partial charge on any atom is -0.494 e. The molecule has 5 heteroatoms. The summed E-state index contributed by atoms with van der Waals surface area (Å²) >= 11 is 0. The second kappa shape index (κ2) is 5.09. The number of ether oxygens (including phenoxy) is 2. The number of esters is 1.